The monoisotopic (exact) mass is 291 g/mol. The summed E-state index contributed by atoms with van der Waals surface area (Å²) in [5, 5.41) is 5.03. The number of aromatic nitrogens is 2. The Morgan fingerprint density at radius 3 is 2.40 bits per heavy atom. The van der Waals surface area contributed by atoms with Crippen molar-refractivity contribution in [2.45, 2.75) is 19.4 Å². The number of hydrogen-bond acceptors (Lipinski definition) is 2. The van der Waals surface area contributed by atoms with Gasteiger partial charge in [0.15, 0.2) is 0 Å². The number of likely N-dealkylation sites (N-methyl/N-ethyl adjacent to an activating group) is 1. The summed E-state index contributed by atoms with van der Waals surface area (Å²) in [4.78, 5) is 13.8. The van der Waals surface area contributed by atoms with Gasteiger partial charge < -0.3 is 4.90 Å². The average Bonchev–Trinajstić information content (AvgIpc) is 2.81. The van der Waals surface area contributed by atoms with E-state index in [1.54, 1.807) is 29.9 Å². The fourth-order valence-electron chi connectivity index (χ4n) is 2.08. The van der Waals surface area contributed by atoms with Crippen LogP contribution in [0.3, 0.4) is 0 Å². The third kappa shape index (κ3) is 2.56. The van der Waals surface area contributed by atoms with Crippen molar-refractivity contribution < 1.29 is 4.79 Å². The zero-order valence-electron chi connectivity index (χ0n) is 12.1. The number of benzene rings is 1. The van der Waals surface area contributed by atoms with Gasteiger partial charge in [-0.05, 0) is 13.8 Å². The normalized spacial score (nSPS) is 11.4. The molecule has 20 heavy (non-hydrogen) atoms. The number of carbonyl (C=O) groups excluding carboxylic acids is 1. The third-order valence-electron chi connectivity index (χ3n) is 3.22. The van der Waals surface area contributed by atoms with E-state index in [1.165, 1.54) is 0 Å². The maximum atomic E-state index is 12.2. The first kappa shape index (κ1) is 14.6. The van der Waals surface area contributed by atoms with Crippen LogP contribution in [-0.2, 0) is 10.3 Å². The summed E-state index contributed by atoms with van der Waals surface area (Å²) in [5.41, 5.74) is 0.844. The lowest BCUT2D eigenvalue weighted by atomic mass is 10.0. The summed E-state index contributed by atoms with van der Waals surface area (Å²) in [5.74, 6) is -0.0312. The van der Waals surface area contributed by atoms with Crippen LogP contribution in [0.5, 0.6) is 0 Å². The Labute approximate surface area is 124 Å². The van der Waals surface area contributed by atoms with Crippen LogP contribution < -0.4 is 0 Å². The first-order valence-corrected chi connectivity index (χ1v) is 6.74. The second-order valence-corrected chi connectivity index (χ2v) is 5.80. The molecule has 0 spiro atoms. The van der Waals surface area contributed by atoms with Crippen molar-refractivity contribution in [3.05, 3.63) is 41.6 Å². The summed E-state index contributed by atoms with van der Waals surface area (Å²) < 4.78 is 1.62. The molecule has 0 aliphatic rings. The fourth-order valence-corrected chi connectivity index (χ4v) is 2.32. The summed E-state index contributed by atoms with van der Waals surface area (Å²) in [6.45, 7) is 3.65. The lowest BCUT2D eigenvalue weighted by molar-refractivity contribution is -0.137. The van der Waals surface area contributed by atoms with Gasteiger partial charge in [0.05, 0.1) is 5.02 Å². The molecule has 5 heteroatoms. The van der Waals surface area contributed by atoms with Gasteiger partial charge in [0, 0.05) is 25.9 Å². The number of amides is 1. The van der Waals surface area contributed by atoms with Crippen LogP contribution in [0.15, 0.2) is 36.5 Å². The molecule has 0 atom stereocenters. The largest absolute Gasteiger partial charge is 0.347 e. The van der Waals surface area contributed by atoms with Crippen LogP contribution in [0.1, 0.15) is 13.8 Å². The minimum absolute atomic E-state index is 0.0312. The summed E-state index contributed by atoms with van der Waals surface area (Å²) in [6.07, 6.45) is 1.70. The highest BCUT2D eigenvalue weighted by Gasteiger charge is 2.33. The number of nitrogens with zero attached hydrogens (tertiary/aromatic N) is 3. The predicted molar refractivity (Wildman–Crippen MR) is 80.7 cm³/mol. The van der Waals surface area contributed by atoms with E-state index in [2.05, 4.69) is 5.10 Å². The molecule has 0 radical (unpaired) electrons. The van der Waals surface area contributed by atoms with Gasteiger partial charge in [0.1, 0.15) is 11.2 Å². The lowest BCUT2D eigenvalue weighted by Gasteiger charge is -2.27. The zero-order valence-corrected chi connectivity index (χ0v) is 12.8. The molecule has 1 aromatic heterocycles. The van der Waals surface area contributed by atoms with E-state index in [-0.39, 0.29) is 5.91 Å². The minimum Gasteiger partial charge on any atom is -0.347 e. The van der Waals surface area contributed by atoms with Crippen LogP contribution in [-0.4, -0.2) is 34.7 Å². The van der Waals surface area contributed by atoms with Gasteiger partial charge in [-0.3, -0.25) is 9.48 Å². The van der Waals surface area contributed by atoms with Crippen LogP contribution >= 0.6 is 11.6 Å². The standard InChI is InChI=1S/C15H18ClN3O/c1-15(2,14(20)18(3)4)19-10-12(16)13(17-19)11-8-6-5-7-9-11/h5-10H,1-4H3. The topological polar surface area (TPSA) is 38.1 Å². The highest BCUT2D eigenvalue weighted by atomic mass is 35.5. The molecule has 0 unspecified atom stereocenters. The first-order valence-electron chi connectivity index (χ1n) is 6.37. The third-order valence-corrected chi connectivity index (χ3v) is 3.50. The van der Waals surface area contributed by atoms with E-state index in [1.807, 2.05) is 44.2 Å². The summed E-state index contributed by atoms with van der Waals surface area (Å²) in [7, 11) is 3.46. The molecular formula is C15H18ClN3O. The Balaban J connectivity index is 2.44. The Hall–Kier alpha value is -1.81. The van der Waals surface area contributed by atoms with Gasteiger partial charge in [0.2, 0.25) is 5.91 Å². The van der Waals surface area contributed by atoms with Crippen molar-refractivity contribution in [1.82, 2.24) is 14.7 Å². The van der Waals surface area contributed by atoms with Gasteiger partial charge >= 0.3 is 0 Å². The average molecular weight is 292 g/mol. The summed E-state index contributed by atoms with van der Waals surface area (Å²) in [6, 6.07) is 9.69. The van der Waals surface area contributed by atoms with Gasteiger partial charge in [-0.2, -0.15) is 5.10 Å². The molecule has 0 aliphatic heterocycles. The van der Waals surface area contributed by atoms with Crippen molar-refractivity contribution >= 4 is 17.5 Å². The molecule has 2 rings (SSSR count). The van der Waals surface area contributed by atoms with Crippen molar-refractivity contribution in [2.24, 2.45) is 0 Å². The van der Waals surface area contributed by atoms with Crippen molar-refractivity contribution in [1.29, 1.82) is 0 Å². The molecule has 4 nitrogen and oxygen atoms in total. The smallest absolute Gasteiger partial charge is 0.249 e. The Kier molecular flexibility index (Phi) is 3.86. The highest BCUT2D eigenvalue weighted by Crippen LogP contribution is 2.29. The molecule has 106 valence electrons. The van der Waals surface area contributed by atoms with E-state index >= 15 is 0 Å². The molecule has 0 N–H and O–H groups in total. The predicted octanol–water partition coefficient (Wildman–Crippen LogP) is 3.03. The van der Waals surface area contributed by atoms with Crippen LogP contribution in [0.4, 0.5) is 0 Å². The molecule has 0 saturated carbocycles. The number of halogens is 1. The van der Waals surface area contributed by atoms with E-state index in [9.17, 15) is 4.79 Å². The second-order valence-electron chi connectivity index (χ2n) is 5.39. The zero-order chi connectivity index (χ0) is 14.9. The van der Waals surface area contributed by atoms with Gasteiger partial charge in [-0.1, -0.05) is 41.9 Å². The quantitative estimate of drug-likeness (QED) is 0.872. The maximum absolute atomic E-state index is 12.2. The molecule has 0 aliphatic carbocycles. The minimum atomic E-state index is -0.778. The lowest BCUT2D eigenvalue weighted by Crippen LogP contribution is -2.44. The highest BCUT2D eigenvalue weighted by molar-refractivity contribution is 6.33. The van der Waals surface area contributed by atoms with Gasteiger partial charge in [-0.15, -0.1) is 0 Å². The Morgan fingerprint density at radius 1 is 1.25 bits per heavy atom. The molecule has 0 fully saturated rings. The van der Waals surface area contributed by atoms with Crippen LogP contribution in [0, 0.1) is 0 Å². The number of hydrogen-bond donors (Lipinski definition) is 0. The van der Waals surface area contributed by atoms with E-state index in [4.69, 9.17) is 11.6 Å². The van der Waals surface area contributed by atoms with Crippen molar-refractivity contribution in [2.75, 3.05) is 14.1 Å². The van der Waals surface area contributed by atoms with Crippen LogP contribution in [0.25, 0.3) is 11.3 Å². The molecular weight excluding hydrogens is 274 g/mol. The number of rotatable bonds is 3. The molecule has 2 aromatic rings. The molecule has 0 saturated heterocycles. The molecule has 1 heterocycles. The fraction of sp³-hybridized carbons (Fsp3) is 0.333. The van der Waals surface area contributed by atoms with E-state index in [0.29, 0.717) is 10.7 Å². The molecule has 1 aromatic carbocycles. The van der Waals surface area contributed by atoms with Crippen LogP contribution in [0.2, 0.25) is 5.02 Å². The Bertz CT molecular complexity index is 617. The first-order chi connectivity index (χ1) is 9.34. The van der Waals surface area contributed by atoms with Gasteiger partial charge in [0.25, 0.3) is 0 Å². The van der Waals surface area contributed by atoms with Gasteiger partial charge in [-0.25, -0.2) is 0 Å². The maximum Gasteiger partial charge on any atom is 0.249 e. The molecule has 1 amide bonds. The van der Waals surface area contributed by atoms with Crippen molar-refractivity contribution in [3.63, 3.8) is 0 Å². The van der Waals surface area contributed by atoms with Crippen molar-refractivity contribution in [3.8, 4) is 11.3 Å². The number of carbonyl (C=O) groups is 1. The molecule has 0 bridgehead atoms. The van der Waals surface area contributed by atoms with E-state index in [0.717, 1.165) is 5.56 Å². The Morgan fingerprint density at radius 2 is 1.85 bits per heavy atom. The van der Waals surface area contributed by atoms with E-state index < -0.39 is 5.54 Å². The summed E-state index contributed by atoms with van der Waals surface area (Å²) >= 11 is 6.26. The SMILES string of the molecule is CN(C)C(=O)C(C)(C)n1cc(Cl)c(-c2ccccc2)n1. The second kappa shape index (κ2) is 5.29.